The molecule has 0 bridgehead atoms. The van der Waals surface area contributed by atoms with Crippen molar-refractivity contribution in [3.63, 3.8) is 0 Å². The maximum Gasteiger partial charge on any atom is 0.338 e. The Kier molecular flexibility index (Phi) is 5.33. The van der Waals surface area contributed by atoms with Crippen molar-refractivity contribution >= 4 is 17.6 Å². The lowest BCUT2D eigenvalue weighted by Gasteiger charge is -2.09. The van der Waals surface area contributed by atoms with Gasteiger partial charge in [-0.05, 0) is 38.3 Å². The predicted molar refractivity (Wildman–Crippen MR) is 66.2 cm³/mol. The fourth-order valence-electron chi connectivity index (χ4n) is 1.56. The van der Waals surface area contributed by atoms with Crippen LogP contribution in [0.3, 0.4) is 0 Å². The summed E-state index contributed by atoms with van der Waals surface area (Å²) < 4.78 is 5.03. The number of benzene rings is 1. The van der Waals surface area contributed by atoms with Crippen molar-refractivity contribution in [3.05, 3.63) is 34.9 Å². The predicted octanol–water partition coefficient (Wildman–Crippen LogP) is 3.34. The van der Waals surface area contributed by atoms with E-state index in [4.69, 9.17) is 16.3 Å². The summed E-state index contributed by atoms with van der Waals surface area (Å²) in [6.07, 6.45) is 1.69. The van der Waals surface area contributed by atoms with Crippen molar-refractivity contribution in [1.29, 1.82) is 0 Å². The minimum absolute atomic E-state index is 0.240. The Balaban J connectivity index is 2.93. The topological polar surface area (TPSA) is 26.3 Å². The number of esters is 1. The van der Waals surface area contributed by atoms with Gasteiger partial charge in [-0.2, -0.15) is 0 Å². The van der Waals surface area contributed by atoms with E-state index in [2.05, 4.69) is 0 Å². The van der Waals surface area contributed by atoms with Gasteiger partial charge in [0.1, 0.15) is 0 Å². The number of carbonyl (C=O) groups is 1. The highest BCUT2D eigenvalue weighted by atomic mass is 35.5. The molecule has 0 fully saturated rings. The van der Waals surface area contributed by atoms with Gasteiger partial charge < -0.3 is 4.74 Å². The van der Waals surface area contributed by atoms with Crippen molar-refractivity contribution in [1.82, 2.24) is 0 Å². The molecule has 0 aromatic heterocycles. The number of hydrogen-bond donors (Lipinski definition) is 0. The van der Waals surface area contributed by atoms with Crippen LogP contribution in [0.2, 0.25) is 0 Å². The molecule has 0 atom stereocenters. The molecule has 0 saturated carbocycles. The summed E-state index contributed by atoms with van der Waals surface area (Å²) in [5.74, 6) is 0.367. The van der Waals surface area contributed by atoms with Crippen LogP contribution in [0.25, 0.3) is 0 Å². The van der Waals surface area contributed by atoms with E-state index in [1.165, 1.54) is 0 Å². The van der Waals surface area contributed by atoms with Gasteiger partial charge >= 0.3 is 5.97 Å². The van der Waals surface area contributed by atoms with Crippen LogP contribution in [0.4, 0.5) is 0 Å². The third kappa shape index (κ3) is 3.53. The van der Waals surface area contributed by atoms with E-state index in [0.29, 0.717) is 18.1 Å². The number of rotatable bonds is 5. The monoisotopic (exact) mass is 240 g/mol. The van der Waals surface area contributed by atoms with E-state index in [-0.39, 0.29) is 5.97 Å². The molecule has 0 saturated heterocycles. The third-order valence-electron chi connectivity index (χ3n) is 2.34. The Morgan fingerprint density at radius 3 is 2.81 bits per heavy atom. The molecule has 1 aromatic carbocycles. The van der Waals surface area contributed by atoms with Gasteiger partial charge in [-0.25, -0.2) is 4.79 Å². The summed E-state index contributed by atoms with van der Waals surface area (Å²) in [7, 11) is 0. The number of ether oxygens (including phenoxy) is 1. The van der Waals surface area contributed by atoms with Crippen LogP contribution in [0.1, 0.15) is 34.8 Å². The SMILES string of the molecule is CCOC(=O)c1cc(C)ccc1CCCCl. The molecule has 0 aliphatic rings. The molecule has 3 heteroatoms. The van der Waals surface area contributed by atoms with Gasteiger partial charge in [-0.15, -0.1) is 11.6 Å². The quantitative estimate of drug-likeness (QED) is 0.583. The second-order valence-corrected chi connectivity index (χ2v) is 4.05. The average Bonchev–Trinajstić information content (AvgIpc) is 2.27. The fourth-order valence-corrected chi connectivity index (χ4v) is 1.70. The van der Waals surface area contributed by atoms with Gasteiger partial charge in [-0.3, -0.25) is 0 Å². The first kappa shape index (κ1) is 13.0. The van der Waals surface area contributed by atoms with E-state index < -0.39 is 0 Å². The molecular weight excluding hydrogens is 224 g/mol. The number of alkyl halides is 1. The largest absolute Gasteiger partial charge is 0.462 e. The Morgan fingerprint density at radius 1 is 1.44 bits per heavy atom. The second-order valence-electron chi connectivity index (χ2n) is 3.67. The highest BCUT2D eigenvalue weighted by Crippen LogP contribution is 2.15. The minimum atomic E-state index is -0.240. The summed E-state index contributed by atoms with van der Waals surface area (Å²) in [4.78, 5) is 11.7. The van der Waals surface area contributed by atoms with Crippen molar-refractivity contribution in [2.75, 3.05) is 12.5 Å². The van der Waals surface area contributed by atoms with Crippen LogP contribution in [0.5, 0.6) is 0 Å². The van der Waals surface area contributed by atoms with Gasteiger partial charge in [0.2, 0.25) is 0 Å². The molecule has 88 valence electrons. The molecule has 0 aliphatic heterocycles. The molecule has 0 heterocycles. The first-order valence-electron chi connectivity index (χ1n) is 5.51. The molecule has 0 unspecified atom stereocenters. The maximum atomic E-state index is 11.7. The van der Waals surface area contributed by atoms with Crippen LogP contribution in [0, 0.1) is 6.92 Å². The normalized spacial score (nSPS) is 10.2. The minimum Gasteiger partial charge on any atom is -0.462 e. The average molecular weight is 241 g/mol. The zero-order valence-corrected chi connectivity index (χ0v) is 10.5. The van der Waals surface area contributed by atoms with Crippen LogP contribution in [-0.4, -0.2) is 18.5 Å². The summed E-state index contributed by atoms with van der Waals surface area (Å²) in [5.41, 5.74) is 2.76. The standard InChI is InChI=1S/C13H17ClO2/c1-3-16-13(15)12-9-10(2)6-7-11(12)5-4-8-14/h6-7,9H,3-5,8H2,1-2H3. The lowest BCUT2D eigenvalue weighted by molar-refractivity contribution is 0.0525. The number of carbonyl (C=O) groups excluding carboxylic acids is 1. The molecular formula is C13H17ClO2. The fraction of sp³-hybridized carbons (Fsp3) is 0.462. The van der Waals surface area contributed by atoms with Crippen molar-refractivity contribution < 1.29 is 9.53 Å². The lowest BCUT2D eigenvalue weighted by atomic mass is 10.0. The number of hydrogen-bond acceptors (Lipinski definition) is 2. The summed E-state index contributed by atoms with van der Waals surface area (Å²) >= 11 is 5.66. The van der Waals surface area contributed by atoms with Crippen molar-refractivity contribution in [2.24, 2.45) is 0 Å². The third-order valence-corrected chi connectivity index (χ3v) is 2.61. The molecule has 1 rings (SSSR count). The summed E-state index contributed by atoms with van der Waals surface area (Å²) in [6, 6.07) is 5.86. The molecule has 16 heavy (non-hydrogen) atoms. The number of aryl methyl sites for hydroxylation is 2. The lowest BCUT2D eigenvalue weighted by Crippen LogP contribution is -2.08. The molecule has 0 aliphatic carbocycles. The summed E-state index contributed by atoms with van der Waals surface area (Å²) in [5, 5.41) is 0. The smallest absolute Gasteiger partial charge is 0.338 e. The molecule has 2 nitrogen and oxygen atoms in total. The van der Waals surface area contributed by atoms with Gasteiger partial charge in [-0.1, -0.05) is 17.7 Å². The van der Waals surface area contributed by atoms with Crippen LogP contribution in [-0.2, 0) is 11.2 Å². The number of halogens is 1. The first-order chi connectivity index (χ1) is 7.69. The van der Waals surface area contributed by atoms with Crippen molar-refractivity contribution in [2.45, 2.75) is 26.7 Å². The molecule has 0 radical (unpaired) electrons. The zero-order valence-electron chi connectivity index (χ0n) is 9.75. The first-order valence-corrected chi connectivity index (χ1v) is 6.05. The van der Waals surface area contributed by atoms with E-state index in [1.807, 2.05) is 32.0 Å². The van der Waals surface area contributed by atoms with Gasteiger partial charge in [0, 0.05) is 5.88 Å². The molecule has 0 N–H and O–H groups in total. The highest BCUT2D eigenvalue weighted by Gasteiger charge is 2.12. The highest BCUT2D eigenvalue weighted by molar-refractivity contribution is 6.17. The van der Waals surface area contributed by atoms with Crippen LogP contribution in [0.15, 0.2) is 18.2 Å². The van der Waals surface area contributed by atoms with Gasteiger partial charge in [0.05, 0.1) is 12.2 Å². The van der Waals surface area contributed by atoms with Crippen LogP contribution < -0.4 is 0 Å². The van der Waals surface area contributed by atoms with E-state index >= 15 is 0 Å². The Morgan fingerprint density at radius 2 is 2.19 bits per heavy atom. The van der Waals surface area contributed by atoms with E-state index in [0.717, 1.165) is 24.0 Å². The van der Waals surface area contributed by atoms with Crippen molar-refractivity contribution in [3.8, 4) is 0 Å². The Bertz CT molecular complexity index is 361. The maximum absolute atomic E-state index is 11.7. The zero-order chi connectivity index (χ0) is 12.0. The Labute approximate surface area is 102 Å². The van der Waals surface area contributed by atoms with Gasteiger partial charge in [0.25, 0.3) is 0 Å². The van der Waals surface area contributed by atoms with Gasteiger partial charge in [0.15, 0.2) is 0 Å². The molecule has 1 aromatic rings. The molecule has 0 amide bonds. The molecule has 0 spiro atoms. The van der Waals surface area contributed by atoms with Crippen LogP contribution >= 0.6 is 11.6 Å². The Hall–Kier alpha value is -1.02. The second kappa shape index (κ2) is 6.54. The van der Waals surface area contributed by atoms with E-state index in [9.17, 15) is 4.79 Å². The van der Waals surface area contributed by atoms with E-state index in [1.54, 1.807) is 0 Å². The summed E-state index contributed by atoms with van der Waals surface area (Å²) in [6.45, 7) is 4.18.